The van der Waals surface area contributed by atoms with Crippen LogP contribution in [0.5, 0.6) is 0 Å². The van der Waals surface area contributed by atoms with Gasteiger partial charge in [0, 0.05) is 17.8 Å². The summed E-state index contributed by atoms with van der Waals surface area (Å²) in [5.74, 6) is -0.343. The number of nitrogens with zero attached hydrogens (tertiary/aromatic N) is 3. The zero-order valence-electron chi connectivity index (χ0n) is 17.2. The number of primary amides is 1. The Hall–Kier alpha value is -3.49. The molecule has 0 radical (unpaired) electrons. The molecule has 1 aromatic carbocycles. The molecule has 158 valence electrons. The molecule has 0 saturated heterocycles. The third-order valence-corrected chi connectivity index (χ3v) is 5.23. The fraction of sp³-hybridized carbons (Fsp3) is 0.381. The number of nitrogens with two attached hydrogens (primary N) is 1. The van der Waals surface area contributed by atoms with Crippen molar-refractivity contribution in [2.45, 2.75) is 51.6 Å². The maximum Gasteiger partial charge on any atom is 0.273 e. The molecule has 2 atom stereocenters. The van der Waals surface area contributed by atoms with Crippen molar-refractivity contribution >= 4 is 29.3 Å². The van der Waals surface area contributed by atoms with Crippen molar-refractivity contribution in [2.75, 3.05) is 10.6 Å². The van der Waals surface area contributed by atoms with Crippen molar-refractivity contribution in [3.63, 3.8) is 0 Å². The van der Waals surface area contributed by atoms with Gasteiger partial charge in [0.05, 0.1) is 0 Å². The van der Waals surface area contributed by atoms with Crippen LogP contribution in [-0.2, 0) is 4.79 Å². The van der Waals surface area contributed by atoms with Crippen molar-refractivity contribution in [1.82, 2.24) is 20.5 Å². The van der Waals surface area contributed by atoms with E-state index in [1.807, 2.05) is 32.0 Å². The molecule has 1 aromatic heterocycles. The van der Waals surface area contributed by atoms with Crippen molar-refractivity contribution < 1.29 is 9.59 Å². The minimum atomic E-state index is -0.710. The fourth-order valence-electron chi connectivity index (χ4n) is 3.49. The van der Waals surface area contributed by atoms with Gasteiger partial charge < -0.3 is 21.7 Å². The third-order valence-electron chi connectivity index (χ3n) is 5.23. The van der Waals surface area contributed by atoms with E-state index in [1.165, 1.54) is 6.08 Å². The van der Waals surface area contributed by atoms with Gasteiger partial charge in [0.25, 0.3) is 5.91 Å². The van der Waals surface area contributed by atoms with Crippen molar-refractivity contribution in [3.8, 4) is 0 Å². The second-order valence-corrected chi connectivity index (χ2v) is 7.54. The summed E-state index contributed by atoms with van der Waals surface area (Å²) in [6.07, 6.45) is 4.80. The summed E-state index contributed by atoms with van der Waals surface area (Å²) in [6, 6.07) is 5.98. The van der Waals surface area contributed by atoms with Crippen LogP contribution >= 0.6 is 0 Å². The predicted octanol–water partition coefficient (Wildman–Crippen LogP) is 2.36. The molecular weight excluding hydrogens is 382 g/mol. The molecule has 1 aliphatic carbocycles. The molecule has 0 spiro atoms. The van der Waals surface area contributed by atoms with Gasteiger partial charge in [0.15, 0.2) is 11.5 Å². The van der Waals surface area contributed by atoms with E-state index in [-0.39, 0.29) is 29.5 Å². The van der Waals surface area contributed by atoms with Crippen LogP contribution < -0.4 is 21.7 Å². The van der Waals surface area contributed by atoms with Gasteiger partial charge in [-0.25, -0.2) is 0 Å². The van der Waals surface area contributed by atoms with Gasteiger partial charge >= 0.3 is 0 Å². The second-order valence-electron chi connectivity index (χ2n) is 7.54. The predicted molar refractivity (Wildman–Crippen MR) is 116 cm³/mol. The minimum absolute atomic E-state index is 0.0291. The molecule has 0 aliphatic heterocycles. The van der Waals surface area contributed by atoms with E-state index >= 15 is 0 Å². The molecule has 1 saturated carbocycles. The lowest BCUT2D eigenvalue weighted by atomic mass is 9.91. The number of benzene rings is 1. The Kier molecular flexibility index (Phi) is 6.61. The number of aryl methyl sites for hydroxylation is 2. The van der Waals surface area contributed by atoms with Gasteiger partial charge in [-0.3, -0.25) is 9.59 Å². The highest BCUT2D eigenvalue weighted by Crippen LogP contribution is 2.24. The van der Waals surface area contributed by atoms with Crippen LogP contribution in [0.1, 0.15) is 47.3 Å². The molecule has 1 aliphatic rings. The molecule has 3 rings (SSSR count). The number of carbonyl (C=O) groups is 2. The summed E-state index contributed by atoms with van der Waals surface area (Å²) in [4.78, 5) is 27.8. The van der Waals surface area contributed by atoms with Crippen LogP contribution in [0.4, 0.5) is 17.5 Å². The number of hydrogen-bond donors (Lipinski definition) is 4. The maximum absolute atomic E-state index is 11.8. The summed E-state index contributed by atoms with van der Waals surface area (Å²) < 4.78 is 0. The van der Waals surface area contributed by atoms with Crippen LogP contribution in [0.15, 0.2) is 30.9 Å². The summed E-state index contributed by atoms with van der Waals surface area (Å²) in [6.45, 7) is 7.52. The topological polar surface area (TPSA) is 135 Å². The molecule has 1 heterocycles. The number of aromatic nitrogens is 3. The smallest absolute Gasteiger partial charge is 0.273 e. The first-order chi connectivity index (χ1) is 14.4. The Morgan fingerprint density at radius 2 is 1.93 bits per heavy atom. The minimum Gasteiger partial charge on any atom is -0.364 e. The highest BCUT2D eigenvalue weighted by atomic mass is 16.2. The van der Waals surface area contributed by atoms with Crippen molar-refractivity contribution in [2.24, 2.45) is 5.73 Å². The molecule has 5 N–H and O–H groups in total. The lowest BCUT2D eigenvalue weighted by molar-refractivity contribution is -0.117. The van der Waals surface area contributed by atoms with Crippen molar-refractivity contribution in [1.29, 1.82) is 0 Å². The highest BCUT2D eigenvalue weighted by Gasteiger charge is 2.24. The average molecular weight is 409 g/mol. The maximum atomic E-state index is 11.8. The SMILES string of the molecule is C=CC(=O)NC1CCC[C@@H](Nc2nnc(C(N)=O)c(Nc3ccc(C)c(C)c3)n2)C1. The van der Waals surface area contributed by atoms with Crippen LogP contribution in [0.2, 0.25) is 0 Å². The van der Waals surface area contributed by atoms with Gasteiger partial charge in [-0.05, 0) is 68.9 Å². The molecule has 9 heteroatoms. The first-order valence-electron chi connectivity index (χ1n) is 9.94. The van der Waals surface area contributed by atoms with Gasteiger partial charge in [-0.15, -0.1) is 10.2 Å². The molecule has 0 bridgehead atoms. The van der Waals surface area contributed by atoms with Gasteiger partial charge in [-0.2, -0.15) is 4.98 Å². The Morgan fingerprint density at radius 3 is 2.63 bits per heavy atom. The number of nitrogens with one attached hydrogen (secondary N) is 3. The van der Waals surface area contributed by atoms with Crippen LogP contribution in [-0.4, -0.2) is 39.1 Å². The van der Waals surface area contributed by atoms with Crippen molar-refractivity contribution in [3.05, 3.63) is 47.7 Å². The zero-order chi connectivity index (χ0) is 21.7. The zero-order valence-corrected chi connectivity index (χ0v) is 17.2. The normalized spacial score (nSPS) is 18.3. The molecule has 9 nitrogen and oxygen atoms in total. The Bertz CT molecular complexity index is 960. The standard InChI is InChI=1S/C21H27N7O2/c1-4-17(29)23-14-6-5-7-15(11-14)25-21-26-20(18(19(22)30)27-28-21)24-16-9-8-12(2)13(3)10-16/h4,8-10,14-15H,1,5-7,11H2,2-3H3,(H2,22,30)(H,23,29)(H2,24,25,26,28)/t14?,15-/m1/s1. The van der Waals surface area contributed by atoms with Gasteiger partial charge in [-0.1, -0.05) is 12.6 Å². The van der Waals surface area contributed by atoms with E-state index in [9.17, 15) is 9.59 Å². The Morgan fingerprint density at radius 1 is 1.17 bits per heavy atom. The lowest BCUT2D eigenvalue weighted by Crippen LogP contribution is -2.41. The number of rotatable bonds is 7. The lowest BCUT2D eigenvalue weighted by Gasteiger charge is -2.30. The molecule has 2 amide bonds. The van der Waals surface area contributed by atoms with E-state index < -0.39 is 5.91 Å². The summed E-state index contributed by atoms with van der Waals surface area (Å²) in [7, 11) is 0. The summed E-state index contributed by atoms with van der Waals surface area (Å²) >= 11 is 0. The first kappa shape index (κ1) is 21.2. The monoisotopic (exact) mass is 409 g/mol. The number of hydrogen-bond acceptors (Lipinski definition) is 7. The largest absolute Gasteiger partial charge is 0.364 e. The molecule has 1 unspecified atom stereocenters. The molecule has 2 aromatic rings. The van der Waals surface area contributed by atoms with E-state index in [1.54, 1.807) is 0 Å². The van der Waals surface area contributed by atoms with E-state index in [2.05, 4.69) is 37.7 Å². The average Bonchev–Trinajstić information content (AvgIpc) is 2.71. The van der Waals surface area contributed by atoms with E-state index in [0.29, 0.717) is 5.95 Å². The number of carbonyl (C=O) groups excluding carboxylic acids is 2. The van der Waals surface area contributed by atoms with Crippen LogP contribution in [0.25, 0.3) is 0 Å². The Balaban J connectivity index is 1.76. The fourth-order valence-corrected chi connectivity index (χ4v) is 3.49. The van der Waals surface area contributed by atoms with Crippen LogP contribution in [0, 0.1) is 13.8 Å². The second kappa shape index (κ2) is 9.34. The van der Waals surface area contributed by atoms with E-state index in [4.69, 9.17) is 5.73 Å². The number of anilines is 3. The quantitative estimate of drug-likeness (QED) is 0.516. The van der Waals surface area contributed by atoms with Gasteiger partial charge in [0.1, 0.15) is 0 Å². The highest BCUT2D eigenvalue weighted by molar-refractivity contribution is 5.96. The third kappa shape index (κ3) is 5.31. The van der Waals surface area contributed by atoms with Gasteiger partial charge in [0.2, 0.25) is 11.9 Å². The molecule has 30 heavy (non-hydrogen) atoms. The number of amides is 2. The van der Waals surface area contributed by atoms with E-state index in [0.717, 1.165) is 42.5 Å². The summed E-state index contributed by atoms with van der Waals surface area (Å²) in [5, 5.41) is 17.3. The molecule has 1 fully saturated rings. The first-order valence-corrected chi connectivity index (χ1v) is 9.94. The molecular formula is C21H27N7O2. The summed E-state index contributed by atoms with van der Waals surface area (Å²) in [5.41, 5.74) is 8.46. The Labute approximate surface area is 175 Å². The van der Waals surface area contributed by atoms with Crippen LogP contribution in [0.3, 0.4) is 0 Å².